The number of urea groups is 1. The summed E-state index contributed by atoms with van der Waals surface area (Å²) in [6.45, 7) is 8.95. The molecule has 2 fully saturated rings. The molecule has 0 unspecified atom stereocenters. The Bertz CT molecular complexity index is 609. The summed E-state index contributed by atoms with van der Waals surface area (Å²) in [5.74, 6) is 0.582. The molecule has 2 amide bonds. The molecule has 1 saturated carbocycles. The Morgan fingerprint density at radius 3 is 2.79 bits per heavy atom. The maximum Gasteiger partial charge on any atom is 0.319 e. The van der Waals surface area contributed by atoms with Crippen LogP contribution >= 0.6 is 0 Å². The van der Waals surface area contributed by atoms with Crippen LogP contribution in [0.1, 0.15) is 47.0 Å². The number of rotatable bonds is 4. The Labute approximate surface area is 143 Å². The van der Waals surface area contributed by atoms with Crippen molar-refractivity contribution >= 4 is 11.7 Å². The predicted octanol–water partition coefficient (Wildman–Crippen LogP) is 3.34. The molecule has 0 aromatic carbocycles. The Morgan fingerprint density at radius 1 is 1.42 bits per heavy atom. The van der Waals surface area contributed by atoms with Crippen LogP contribution in [-0.4, -0.2) is 35.4 Å². The van der Waals surface area contributed by atoms with E-state index < -0.39 is 0 Å². The van der Waals surface area contributed by atoms with Gasteiger partial charge in [0.1, 0.15) is 0 Å². The van der Waals surface area contributed by atoms with E-state index in [-0.39, 0.29) is 29.2 Å². The number of carbonyl (C=O) groups is 1. The summed E-state index contributed by atoms with van der Waals surface area (Å²) in [7, 11) is 0. The van der Waals surface area contributed by atoms with Crippen LogP contribution in [0.15, 0.2) is 18.5 Å². The van der Waals surface area contributed by atoms with Crippen molar-refractivity contribution in [3.8, 4) is 5.75 Å². The zero-order valence-corrected chi connectivity index (χ0v) is 14.9. The molecular weight excluding hydrogens is 306 g/mol. The van der Waals surface area contributed by atoms with Gasteiger partial charge in [0.25, 0.3) is 0 Å². The lowest BCUT2D eigenvalue weighted by molar-refractivity contribution is 0.0190. The lowest BCUT2D eigenvalue weighted by Crippen LogP contribution is -2.52. The van der Waals surface area contributed by atoms with Gasteiger partial charge in [0.2, 0.25) is 0 Å². The second kappa shape index (κ2) is 6.24. The minimum Gasteiger partial charge on any atom is -0.487 e. The van der Waals surface area contributed by atoms with E-state index in [9.17, 15) is 4.79 Å². The highest BCUT2D eigenvalue weighted by atomic mass is 16.5. The van der Waals surface area contributed by atoms with Crippen LogP contribution in [0.2, 0.25) is 0 Å². The molecule has 132 valence electrons. The van der Waals surface area contributed by atoms with E-state index >= 15 is 0 Å². The molecule has 1 aliphatic carbocycles. The molecule has 0 radical (unpaired) electrons. The molecule has 1 aromatic heterocycles. The van der Waals surface area contributed by atoms with Gasteiger partial charge in [-0.05, 0) is 53.0 Å². The topological polar surface area (TPSA) is 72.5 Å². The number of ether oxygens (including phenoxy) is 2. The highest BCUT2D eigenvalue weighted by Gasteiger charge is 2.52. The van der Waals surface area contributed by atoms with Crippen molar-refractivity contribution in [1.29, 1.82) is 0 Å². The molecule has 1 aromatic rings. The van der Waals surface area contributed by atoms with Crippen molar-refractivity contribution in [2.24, 2.45) is 5.41 Å². The Kier molecular flexibility index (Phi) is 4.42. The van der Waals surface area contributed by atoms with Crippen molar-refractivity contribution < 1.29 is 14.3 Å². The van der Waals surface area contributed by atoms with Gasteiger partial charge in [0, 0.05) is 17.7 Å². The van der Waals surface area contributed by atoms with E-state index in [2.05, 4.69) is 29.5 Å². The second-order valence-corrected chi connectivity index (χ2v) is 7.97. The molecule has 2 N–H and O–H groups in total. The summed E-state index contributed by atoms with van der Waals surface area (Å²) in [4.78, 5) is 16.3. The van der Waals surface area contributed by atoms with Gasteiger partial charge in [-0.3, -0.25) is 4.98 Å². The lowest BCUT2D eigenvalue weighted by Gasteiger charge is -2.44. The van der Waals surface area contributed by atoms with Crippen LogP contribution < -0.4 is 15.4 Å². The summed E-state index contributed by atoms with van der Waals surface area (Å²) >= 11 is 0. The summed E-state index contributed by atoms with van der Waals surface area (Å²) < 4.78 is 11.5. The van der Waals surface area contributed by atoms with E-state index in [1.54, 1.807) is 18.5 Å². The second-order valence-electron chi connectivity index (χ2n) is 7.97. The molecule has 3 rings (SSSR count). The first-order chi connectivity index (χ1) is 11.3. The molecule has 1 aliphatic heterocycles. The predicted molar refractivity (Wildman–Crippen MR) is 92.3 cm³/mol. The Balaban J connectivity index is 1.51. The van der Waals surface area contributed by atoms with E-state index in [4.69, 9.17) is 9.47 Å². The largest absolute Gasteiger partial charge is 0.487 e. The van der Waals surface area contributed by atoms with E-state index in [0.717, 1.165) is 25.9 Å². The highest BCUT2D eigenvalue weighted by molar-refractivity contribution is 5.91. The fourth-order valence-corrected chi connectivity index (χ4v) is 3.88. The minimum atomic E-state index is -0.201. The van der Waals surface area contributed by atoms with Crippen LogP contribution in [0.4, 0.5) is 10.5 Å². The molecule has 0 bridgehead atoms. The van der Waals surface area contributed by atoms with Gasteiger partial charge in [0.15, 0.2) is 5.75 Å². The lowest BCUT2D eigenvalue weighted by atomic mass is 9.63. The molecule has 6 heteroatoms. The van der Waals surface area contributed by atoms with Gasteiger partial charge in [-0.2, -0.15) is 0 Å². The number of aromatic nitrogens is 1. The molecule has 2 aliphatic rings. The fraction of sp³-hybridized carbons (Fsp3) is 0.667. The number of anilines is 1. The molecule has 24 heavy (non-hydrogen) atoms. The molecule has 2 heterocycles. The number of hydrogen-bond acceptors (Lipinski definition) is 4. The molecule has 6 nitrogen and oxygen atoms in total. The molecule has 1 saturated heterocycles. The minimum absolute atomic E-state index is 0.0232. The normalized spacial score (nSPS) is 27.8. The van der Waals surface area contributed by atoms with Crippen LogP contribution in [-0.2, 0) is 4.74 Å². The van der Waals surface area contributed by atoms with E-state index in [1.807, 2.05) is 13.8 Å². The Hall–Kier alpha value is -1.82. The van der Waals surface area contributed by atoms with Crippen molar-refractivity contribution in [1.82, 2.24) is 10.3 Å². The smallest absolute Gasteiger partial charge is 0.319 e. The zero-order chi connectivity index (χ0) is 17.4. The molecular formula is C18H27N3O3. The number of hydrogen-bond donors (Lipinski definition) is 2. The monoisotopic (exact) mass is 333 g/mol. The average Bonchev–Trinajstić information content (AvgIpc) is 2.76. The number of carbonyl (C=O) groups excluding carboxylic acids is 1. The van der Waals surface area contributed by atoms with Crippen molar-refractivity contribution in [2.45, 2.75) is 64.7 Å². The summed E-state index contributed by atoms with van der Waals surface area (Å²) in [5, 5.41) is 5.91. The van der Waals surface area contributed by atoms with Crippen LogP contribution in [0.3, 0.4) is 0 Å². The van der Waals surface area contributed by atoms with Gasteiger partial charge in [-0.15, -0.1) is 0 Å². The van der Waals surface area contributed by atoms with E-state index in [0.29, 0.717) is 11.4 Å². The number of nitrogens with one attached hydrogen (secondary N) is 2. The SMILES string of the molecule is CC(C)Oc1cnccc1NC(=O)NC1CC2(COC(C)(C)C2)C1. The summed E-state index contributed by atoms with van der Waals surface area (Å²) in [6.07, 6.45) is 6.31. The maximum atomic E-state index is 12.3. The maximum absolute atomic E-state index is 12.3. The third kappa shape index (κ3) is 3.80. The van der Waals surface area contributed by atoms with Crippen LogP contribution in [0.25, 0.3) is 0 Å². The standard InChI is InChI=1S/C18H27N3O3/c1-12(2)24-15-9-19-6-5-14(15)21-16(22)20-13-7-18(8-13)10-17(3,4)23-11-18/h5-6,9,12-13H,7-8,10-11H2,1-4H3,(H2,19,20,21,22). The third-order valence-corrected chi connectivity index (χ3v) is 4.66. The van der Waals surface area contributed by atoms with Crippen LogP contribution in [0, 0.1) is 5.41 Å². The quantitative estimate of drug-likeness (QED) is 0.886. The first-order valence-electron chi connectivity index (χ1n) is 8.59. The van der Waals surface area contributed by atoms with E-state index in [1.165, 1.54) is 0 Å². The number of nitrogens with zero attached hydrogens (tertiary/aromatic N) is 1. The first kappa shape index (κ1) is 17.0. The molecule has 0 atom stereocenters. The van der Waals surface area contributed by atoms with Crippen LogP contribution in [0.5, 0.6) is 5.75 Å². The summed E-state index contributed by atoms with van der Waals surface area (Å²) in [5.41, 5.74) is 0.854. The molecule has 1 spiro atoms. The van der Waals surface area contributed by atoms with Gasteiger partial charge < -0.3 is 20.1 Å². The van der Waals surface area contributed by atoms with Gasteiger partial charge >= 0.3 is 6.03 Å². The Morgan fingerprint density at radius 2 is 2.17 bits per heavy atom. The summed E-state index contributed by atoms with van der Waals surface area (Å²) in [6, 6.07) is 1.75. The highest BCUT2D eigenvalue weighted by Crippen LogP contribution is 2.52. The number of pyridine rings is 1. The van der Waals surface area contributed by atoms with Crippen molar-refractivity contribution in [3.63, 3.8) is 0 Å². The third-order valence-electron chi connectivity index (χ3n) is 4.66. The zero-order valence-electron chi connectivity index (χ0n) is 14.9. The average molecular weight is 333 g/mol. The fourth-order valence-electron chi connectivity index (χ4n) is 3.88. The van der Waals surface area contributed by atoms with Crippen molar-refractivity contribution in [2.75, 3.05) is 11.9 Å². The van der Waals surface area contributed by atoms with Gasteiger partial charge in [0.05, 0.1) is 30.2 Å². The van der Waals surface area contributed by atoms with Gasteiger partial charge in [-0.1, -0.05) is 0 Å². The van der Waals surface area contributed by atoms with Crippen molar-refractivity contribution in [3.05, 3.63) is 18.5 Å². The number of amides is 2. The van der Waals surface area contributed by atoms with Gasteiger partial charge in [-0.25, -0.2) is 4.79 Å². The first-order valence-corrected chi connectivity index (χ1v) is 8.59.